The van der Waals surface area contributed by atoms with Crippen LogP contribution in [0.5, 0.6) is 5.75 Å². The monoisotopic (exact) mass is 526 g/mol. The highest BCUT2D eigenvalue weighted by molar-refractivity contribution is 6.30. The molecule has 0 unspecified atom stereocenters. The van der Waals surface area contributed by atoms with E-state index in [0.717, 1.165) is 16.9 Å². The third kappa shape index (κ3) is 8.06. The van der Waals surface area contributed by atoms with Gasteiger partial charge in [0.15, 0.2) is 6.61 Å². The van der Waals surface area contributed by atoms with Crippen molar-refractivity contribution in [2.45, 2.75) is 39.5 Å². The first kappa shape index (κ1) is 28.2. The molecular weight excluding hydrogens is 492 g/mol. The van der Waals surface area contributed by atoms with E-state index in [1.165, 1.54) is 4.90 Å². The third-order valence-electron chi connectivity index (χ3n) is 5.73. The molecule has 0 fully saturated rings. The van der Waals surface area contributed by atoms with Crippen LogP contribution < -0.4 is 10.1 Å². The number of nitrogens with zero attached hydrogens (tertiary/aromatic N) is 3. The molecular formula is C28H35ClN4O4. The molecule has 3 aromatic rings. The van der Waals surface area contributed by atoms with Crippen molar-refractivity contribution in [1.29, 1.82) is 0 Å². The van der Waals surface area contributed by atoms with Crippen LogP contribution >= 0.6 is 11.6 Å². The molecule has 0 saturated carbocycles. The summed E-state index contributed by atoms with van der Waals surface area (Å²) in [6.45, 7) is 8.71. The number of benzene rings is 2. The van der Waals surface area contributed by atoms with Gasteiger partial charge in [-0.25, -0.2) is 4.68 Å². The molecule has 0 spiro atoms. The molecule has 37 heavy (non-hydrogen) atoms. The van der Waals surface area contributed by atoms with E-state index in [4.69, 9.17) is 26.2 Å². The minimum absolute atomic E-state index is 0.129. The standard InChI is InChI=1S/C28H35ClN4O4/c1-20-9-6-7-10-23(20)33-25(17-24(31-33)28(2,3)4)30-26(34)18-32(15-8-16-36-5)27(35)19-37-22-13-11-21(29)12-14-22/h6-7,9-14,17H,8,15-16,18-19H2,1-5H3,(H,30,34). The maximum absolute atomic E-state index is 13.2. The number of para-hydroxylation sites is 1. The number of aromatic nitrogens is 2. The summed E-state index contributed by atoms with van der Waals surface area (Å²) in [5.41, 5.74) is 2.53. The SMILES string of the molecule is COCCCN(CC(=O)Nc1cc(C(C)(C)C)nn1-c1ccccc1C)C(=O)COc1ccc(Cl)cc1. The molecule has 0 aliphatic carbocycles. The Morgan fingerprint density at radius 1 is 1.11 bits per heavy atom. The van der Waals surface area contributed by atoms with Crippen LogP contribution in [0.4, 0.5) is 5.82 Å². The summed E-state index contributed by atoms with van der Waals surface area (Å²) in [6.07, 6.45) is 0.589. The summed E-state index contributed by atoms with van der Waals surface area (Å²) in [7, 11) is 1.60. The van der Waals surface area contributed by atoms with Gasteiger partial charge in [-0.2, -0.15) is 5.10 Å². The minimum atomic E-state index is -0.326. The number of rotatable bonds is 11. The number of carbonyl (C=O) groups is 2. The van der Waals surface area contributed by atoms with Crippen molar-refractivity contribution in [1.82, 2.24) is 14.7 Å². The van der Waals surface area contributed by atoms with E-state index in [1.54, 1.807) is 36.1 Å². The number of ether oxygens (including phenoxy) is 2. The van der Waals surface area contributed by atoms with Crippen molar-refractivity contribution in [2.75, 3.05) is 38.7 Å². The Balaban J connectivity index is 1.76. The van der Waals surface area contributed by atoms with Crippen molar-refractivity contribution in [2.24, 2.45) is 0 Å². The first-order valence-electron chi connectivity index (χ1n) is 12.2. The minimum Gasteiger partial charge on any atom is -0.484 e. The average Bonchev–Trinajstić information content (AvgIpc) is 3.27. The fourth-order valence-electron chi connectivity index (χ4n) is 3.64. The predicted molar refractivity (Wildman–Crippen MR) is 146 cm³/mol. The topological polar surface area (TPSA) is 85.7 Å². The summed E-state index contributed by atoms with van der Waals surface area (Å²) in [4.78, 5) is 27.6. The van der Waals surface area contributed by atoms with Crippen LogP contribution in [-0.2, 0) is 19.7 Å². The molecule has 9 heteroatoms. The van der Waals surface area contributed by atoms with E-state index in [-0.39, 0.29) is 30.4 Å². The number of hydrogen-bond donors (Lipinski definition) is 1. The van der Waals surface area contributed by atoms with Crippen LogP contribution in [0.2, 0.25) is 5.02 Å². The molecule has 1 heterocycles. The number of halogens is 1. The lowest BCUT2D eigenvalue weighted by Crippen LogP contribution is -2.41. The molecule has 1 aromatic heterocycles. The van der Waals surface area contributed by atoms with Gasteiger partial charge in [-0.1, -0.05) is 50.6 Å². The Kier molecular flexibility index (Phi) is 9.72. The van der Waals surface area contributed by atoms with Gasteiger partial charge in [-0.05, 0) is 49.2 Å². The van der Waals surface area contributed by atoms with Gasteiger partial charge in [0.05, 0.1) is 11.4 Å². The zero-order valence-corrected chi connectivity index (χ0v) is 22.8. The fraction of sp³-hybridized carbons (Fsp3) is 0.393. The van der Waals surface area contributed by atoms with Gasteiger partial charge in [0.25, 0.3) is 5.91 Å². The summed E-state index contributed by atoms with van der Waals surface area (Å²) in [5, 5.41) is 8.33. The molecule has 2 amide bonds. The van der Waals surface area contributed by atoms with Crippen LogP contribution in [0.1, 0.15) is 38.4 Å². The number of anilines is 1. The average molecular weight is 527 g/mol. The summed E-state index contributed by atoms with van der Waals surface area (Å²) >= 11 is 5.91. The molecule has 0 bridgehead atoms. The number of carbonyl (C=O) groups excluding carboxylic acids is 2. The largest absolute Gasteiger partial charge is 0.484 e. The second-order valence-corrected chi connectivity index (χ2v) is 10.3. The van der Waals surface area contributed by atoms with Gasteiger partial charge in [0.2, 0.25) is 5.91 Å². The lowest BCUT2D eigenvalue weighted by molar-refractivity contribution is -0.136. The normalized spacial score (nSPS) is 11.3. The third-order valence-corrected chi connectivity index (χ3v) is 5.98. The molecule has 8 nitrogen and oxygen atoms in total. The van der Waals surface area contributed by atoms with Crippen molar-refractivity contribution >= 4 is 29.2 Å². The summed E-state index contributed by atoms with van der Waals surface area (Å²) in [5.74, 6) is 0.443. The second kappa shape index (κ2) is 12.7. The Morgan fingerprint density at radius 2 is 1.81 bits per heavy atom. The zero-order valence-electron chi connectivity index (χ0n) is 22.1. The van der Waals surface area contributed by atoms with Crippen LogP contribution in [0.25, 0.3) is 5.69 Å². The maximum Gasteiger partial charge on any atom is 0.260 e. The van der Waals surface area contributed by atoms with Gasteiger partial charge in [0.1, 0.15) is 18.1 Å². The van der Waals surface area contributed by atoms with E-state index in [9.17, 15) is 9.59 Å². The predicted octanol–water partition coefficient (Wildman–Crippen LogP) is 5.01. The summed E-state index contributed by atoms with van der Waals surface area (Å²) < 4.78 is 12.5. The first-order valence-corrected chi connectivity index (χ1v) is 12.6. The quantitative estimate of drug-likeness (QED) is 0.355. The highest BCUT2D eigenvalue weighted by Gasteiger charge is 2.23. The van der Waals surface area contributed by atoms with Crippen LogP contribution in [0.3, 0.4) is 0 Å². The number of aryl methyl sites for hydroxylation is 1. The molecule has 0 aliphatic heterocycles. The van der Waals surface area contributed by atoms with Gasteiger partial charge >= 0.3 is 0 Å². The maximum atomic E-state index is 13.2. The molecule has 0 radical (unpaired) electrons. The van der Waals surface area contributed by atoms with Crippen LogP contribution in [0, 0.1) is 6.92 Å². The zero-order chi connectivity index (χ0) is 27.0. The Labute approximate surface area is 223 Å². The van der Waals surface area contributed by atoms with Gasteiger partial charge in [-0.3, -0.25) is 9.59 Å². The number of methoxy groups -OCH3 is 1. The molecule has 2 aromatic carbocycles. The van der Waals surface area contributed by atoms with Crippen molar-refractivity contribution in [3.05, 3.63) is 70.9 Å². The number of hydrogen-bond acceptors (Lipinski definition) is 5. The van der Waals surface area contributed by atoms with Crippen molar-refractivity contribution in [3.8, 4) is 11.4 Å². The van der Waals surface area contributed by atoms with Crippen molar-refractivity contribution < 1.29 is 19.1 Å². The van der Waals surface area contributed by atoms with E-state index in [1.807, 2.05) is 37.3 Å². The van der Waals surface area contributed by atoms with Gasteiger partial charge < -0.3 is 19.7 Å². The Bertz CT molecular complexity index is 1200. The Hall–Kier alpha value is -3.36. The van der Waals surface area contributed by atoms with E-state index in [2.05, 4.69) is 26.1 Å². The van der Waals surface area contributed by atoms with E-state index < -0.39 is 0 Å². The lowest BCUT2D eigenvalue weighted by atomic mass is 9.92. The number of amides is 2. The Morgan fingerprint density at radius 3 is 2.46 bits per heavy atom. The van der Waals surface area contributed by atoms with Gasteiger partial charge in [0, 0.05) is 36.8 Å². The van der Waals surface area contributed by atoms with Gasteiger partial charge in [-0.15, -0.1) is 0 Å². The lowest BCUT2D eigenvalue weighted by Gasteiger charge is -2.22. The smallest absolute Gasteiger partial charge is 0.260 e. The molecule has 3 rings (SSSR count). The summed E-state index contributed by atoms with van der Waals surface area (Å²) in [6, 6.07) is 16.5. The molecule has 0 aliphatic rings. The van der Waals surface area contributed by atoms with E-state index >= 15 is 0 Å². The van der Waals surface area contributed by atoms with E-state index in [0.29, 0.717) is 36.2 Å². The number of nitrogens with one attached hydrogen (secondary N) is 1. The van der Waals surface area contributed by atoms with Crippen molar-refractivity contribution in [3.63, 3.8) is 0 Å². The second-order valence-electron chi connectivity index (χ2n) is 9.82. The fourth-order valence-corrected chi connectivity index (χ4v) is 3.76. The molecule has 0 saturated heterocycles. The molecule has 198 valence electrons. The van der Waals surface area contributed by atoms with Crippen LogP contribution in [0.15, 0.2) is 54.6 Å². The highest BCUT2D eigenvalue weighted by atomic mass is 35.5. The molecule has 1 N–H and O–H groups in total. The van der Waals surface area contributed by atoms with Crippen LogP contribution in [-0.4, -0.2) is 59.9 Å². The first-order chi connectivity index (χ1) is 17.6. The highest BCUT2D eigenvalue weighted by Crippen LogP contribution is 2.27. The molecule has 0 atom stereocenters.